The van der Waals surface area contributed by atoms with E-state index in [0.717, 1.165) is 24.1 Å². The maximum absolute atomic E-state index is 5.61. The summed E-state index contributed by atoms with van der Waals surface area (Å²) in [6.07, 6.45) is 5.20. The van der Waals surface area contributed by atoms with Crippen molar-refractivity contribution in [2.24, 2.45) is 0 Å². The standard InChI is InChI=1S/C16H23NO2/c1-11-8-13(18-2)9-14(19-3)15(11)16(6-7-16)10-17-12-4-5-12/h8-9,12,17H,4-7,10H2,1-3H3. The molecule has 0 bridgehead atoms. The Balaban J connectivity index is 1.89. The first-order valence-corrected chi connectivity index (χ1v) is 7.15. The van der Waals surface area contributed by atoms with E-state index in [4.69, 9.17) is 9.47 Å². The summed E-state index contributed by atoms with van der Waals surface area (Å²) in [4.78, 5) is 0. The highest BCUT2D eigenvalue weighted by Crippen LogP contribution is 2.53. The fraction of sp³-hybridized carbons (Fsp3) is 0.625. The van der Waals surface area contributed by atoms with Gasteiger partial charge in [0.1, 0.15) is 11.5 Å². The molecule has 1 aromatic carbocycles. The number of ether oxygens (including phenoxy) is 2. The van der Waals surface area contributed by atoms with Crippen LogP contribution in [0.2, 0.25) is 0 Å². The van der Waals surface area contributed by atoms with E-state index in [1.165, 1.54) is 36.8 Å². The van der Waals surface area contributed by atoms with Crippen molar-refractivity contribution in [2.75, 3.05) is 20.8 Å². The van der Waals surface area contributed by atoms with Gasteiger partial charge in [-0.1, -0.05) is 0 Å². The quantitative estimate of drug-likeness (QED) is 0.854. The smallest absolute Gasteiger partial charge is 0.126 e. The lowest BCUT2D eigenvalue weighted by Gasteiger charge is -2.22. The maximum atomic E-state index is 5.61. The minimum absolute atomic E-state index is 0.296. The van der Waals surface area contributed by atoms with Gasteiger partial charge in [0.25, 0.3) is 0 Å². The lowest BCUT2D eigenvalue weighted by Crippen LogP contribution is -2.29. The van der Waals surface area contributed by atoms with E-state index in [2.05, 4.69) is 18.3 Å². The number of methoxy groups -OCH3 is 2. The van der Waals surface area contributed by atoms with Crippen LogP contribution in [0.25, 0.3) is 0 Å². The Morgan fingerprint density at radius 2 is 1.95 bits per heavy atom. The molecule has 0 unspecified atom stereocenters. The molecule has 0 radical (unpaired) electrons. The first-order valence-electron chi connectivity index (χ1n) is 7.15. The number of benzene rings is 1. The molecule has 0 aromatic heterocycles. The molecule has 0 spiro atoms. The van der Waals surface area contributed by atoms with E-state index in [1.54, 1.807) is 14.2 Å². The number of aryl methyl sites for hydroxylation is 1. The molecule has 0 aliphatic heterocycles. The zero-order chi connectivity index (χ0) is 13.5. The molecular weight excluding hydrogens is 238 g/mol. The highest BCUT2D eigenvalue weighted by Gasteiger charge is 2.47. The Labute approximate surface area is 115 Å². The molecule has 104 valence electrons. The maximum Gasteiger partial charge on any atom is 0.126 e. The fourth-order valence-corrected chi connectivity index (χ4v) is 2.97. The highest BCUT2D eigenvalue weighted by atomic mass is 16.5. The lowest BCUT2D eigenvalue weighted by molar-refractivity contribution is 0.385. The molecule has 0 saturated heterocycles. The number of nitrogens with one attached hydrogen (secondary N) is 1. The summed E-state index contributed by atoms with van der Waals surface area (Å²) in [6, 6.07) is 4.90. The van der Waals surface area contributed by atoms with E-state index >= 15 is 0 Å². The third-order valence-corrected chi connectivity index (χ3v) is 4.42. The van der Waals surface area contributed by atoms with E-state index in [0.29, 0.717) is 5.41 Å². The SMILES string of the molecule is COc1cc(C)c(C2(CNC3CC3)CC2)c(OC)c1. The zero-order valence-electron chi connectivity index (χ0n) is 12.1. The summed E-state index contributed by atoms with van der Waals surface area (Å²) >= 11 is 0. The minimum Gasteiger partial charge on any atom is -0.497 e. The van der Waals surface area contributed by atoms with Gasteiger partial charge in [-0.3, -0.25) is 0 Å². The van der Waals surface area contributed by atoms with E-state index in [9.17, 15) is 0 Å². The minimum atomic E-state index is 0.296. The van der Waals surface area contributed by atoms with Gasteiger partial charge in [0.15, 0.2) is 0 Å². The van der Waals surface area contributed by atoms with Crippen LogP contribution in [0.1, 0.15) is 36.8 Å². The van der Waals surface area contributed by atoms with Gasteiger partial charge in [-0.15, -0.1) is 0 Å². The Kier molecular flexibility index (Phi) is 3.17. The molecule has 3 heteroatoms. The third-order valence-electron chi connectivity index (χ3n) is 4.42. The summed E-state index contributed by atoms with van der Waals surface area (Å²) in [5.41, 5.74) is 2.96. The van der Waals surface area contributed by atoms with Crippen LogP contribution in [0, 0.1) is 6.92 Å². The molecule has 0 amide bonds. The molecule has 0 heterocycles. The molecule has 3 nitrogen and oxygen atoms in total. The predicted molar refractivity (Wildman–Crippen MR) is 76.2 cm³/mol. The second-order valence-electron chi connectivity index (χ2n) is 5.96. The second kappa shape index (κ2) is 4.71. The summed E-state index contributed by atoms with van der Waals surface area (Å²) < 4.78 is 10.9. The van der Waals surface area contributed by atoms with E-state index in [1.807, 2.05) is 6.07 Å². The monoisotopic (exact) mass is 261 g/mol. The van der Waals surface area contributed by atoms with Gasteiger partial charge in [-0.05, 0) is 44.2 Å². The van der Waals surface area contributed by atoms with Crippen molar-refractivity contribution in [3.63, 3.8) is 0 Å². The van der Waals surface area contributed by atoms with Crippen LogP contribution in [0.5, 0.6) is 11.5 Å². The molecule has 2 aliphatic carbocycles. The van der Waals surface area contributed by atoms with E-state index in [-0.39, 0.29) is 0 Å². The van der Waals surface area contributed by atoms with Crippen molar-refractivity contribution in [2.45, 2.75) is 44.1 Å². The molecule has 2 aliphatic rings. The fourth-order valence-electron chi connectivity index (χ4n) is 2.97. The largest absolute Gasteiger partial charge is 0.497 e. The van der Waals surface area contributed by atoms with Crippen LogP contribution in [-0.4, -0.2) is 26.8 Å². The molecule has 2 saturated carbocycles. The predicted octanol–water partition coefficient (Wildman–Crippen LogP) is 2.80. The molecule has 1 N–H and O–H groups in total. The van der Waals surface area contributed by atoms with Crippen LogP contribution in [0.4, 0.5) is 0 Å². The van der Waals surface area contributed by atoms with Crippen LogP contribution in [-0.2, 0) is 5.41 Å². The molecule has 19 heavy (non-hydrogen) atoms. The second-order valence-corrected chi connectivity index (χ2v) is 5.96. The van der Waals surface area contributed by atoms with Crippen molar-refractivity contribution >= 4 is 0 Å². The van der Waals surface area contributed by atoms with Gasteiger partial charge < -0.3 is 14.8 Å². The van der Waals surface area contributed by atoms with Crippen LogP contribution < -0.4 is 14.8 Å². The summed E-state index contributed by atoms with van der Waals surface area (Å²) in [6.45, 7) is 3.25. The summed E-state index contributed by atoms with van der Waals surface area (Å²) in [5.74, 6) is 1.86. The molecule has 0 atom stereocenters. The van der Waals surface area contributed by atoms with Crippen LogP contribution >= 0.6 is 0 Å². The van der Waals surface area contributed by atoms with Gasteiger partial charge in [0, 0.05) is 29.6 Å². The lowest BCUT2D eigenvalue weighted by atomic mass is 9.90. The number of hydrogen-bond donors (Lipinski definition) is 1. The average Bonchev–Trinajstić information content (AvgIpc) is 3.29. The van der Waals surface area contributed by atoms with Crippen LogP contribution in [0.3, 0.4) is 0 Å². The Bertz CT molecular complexity index is 476. The van der Waals surface area contributed by atoms with Crippen molar-refractivity contribution in [3.8, 4) is 11.5 Å². The molecule has 1 aromatic rings. The number of hydrogen-bond acceptors (Lipinski definition) is 3. The van der Waals surface area contributed by atoms with E-state index < -0.39 is 0 Å². The molecular formula is C16H23NO2. The Hall–Kier alpha value is -1.22. The average molecular weight is 261 g/mol. The Morgan fingerprint density at radius 3 is 2.47 bits per heavy atom. The molecule has 3 rings (SSSR count). The first kappa shape index (κ1) is 12.8. The van der Waals surface area contributed by atoms with Crippen molar-refractivity contribution in [1.82, 2.24) is 5.32 Å². The first-order chi connectivity index (χ1) is 9.18. The van der Waals surface area contributed by atoms with Gasteiger partial charge in [0.05, 0.1) is 14.2 Å². The van der Waals surface area contributed by atoms with Crippen molar-refractivity contribution < 1.29 is 9.47 Å². The van der Waals surface area contributed by atoms with Crippen molar-refractivity contribution in [3.05, 3.63) is 23.3 Å². The van der Waals surface area contributed by atoms with Gasteiger partial charge >= 0.3 is 0 Å². The summed E-state index contributed by atoms with van der Waals surface area (Å²) in [7, 11) is 3.46. The van der Waals surface area contributed by atoms with Crippen molar-refractivity contribution in [1.29, 1.82) is 0 Å². The van der Waals surface area contributed by atoms with Crippen LogP contribution in [0.15, 0.2) is 12.1 Å². The normalized spacial score (nSPS) is 20.2. The zero-order valence-corrected chi connectivity index (χ0v) is 12.1. The molecule has 2 fully saturated rings. The third kappa shape index (κ3) is 2.44. The number of rotatable bonds is 6. The van der Waals surface area contributed by atoms with Gasteiger partial charge in [0.2, 0.25) is 0 Å². The van der Waals surface area contributed by atoms with Gasteiger partial charge in [-0.25, -0.2) is 0 Å². The highest BCUT2D eigenvalue weighted by molar-refractivity contribution is 5.52. The topological polar surface area (TPSA) is 30.5 Å². The Morgan fingerprint density at radius 1 is 1.21 bits per heavy atom. The van der Waals surface area contributed by atoms with Gasteiger partial charge in [-0.2, -0.15) is 0 Å². The summed E-state index contributed by atoms with van der Waals surface area (Å²) in [5, 5.41) is 3.68.